The summed E-state index contributed by atoms with van der Waals surface area (Å²) in [5.41, 5.74) is -0.496. The van der Waals surface area contributed by atoms with Crippen LogP contribution in [-0.2, 0) is 14.3 Å². The minimum absolute atomic E-state index is 0.374. The minimum atomic E-state index is -1.04. The van der Waals surface area contributed by atoms with Crippen molar-refractivity contribution in [3.8, 4) is 5.75 Å². The number of esters is 1. The molecule has 2 aliphatic rings. The predicted molar refractivity (Wildman–Crippen MR) is 98.9 cm³/mol. The van der Waals surface area contributed by atoms with E-state index < -0.39 is 36.1 Å². The van der Waals surface area contributed by atoms with Gasteiger partial charge in [-0.2, -0.15) is 0 Å². The molecule has 0 radical (unpaired) electrons. The number of Topliss-reactive ketones (excluding diaryl/α,β-unsaturated/α-hetero) is 1. The number of nitrogens with zero attached hydrogens (tertiary/aromatic N) is 1. The van der Waals surface area contributed by atoms with Crippen LogP contribution in [0.3, 0.4) is 0 Å². The van der Waals surface area contributed by atoms with Gasteiger partial charge in [-0.1, -0.05) is 12.8 Å². The molecule has 3 amide bonds. The van der Waals surface area contributed by atoms with Crippen LogP contribution in [0.2, 0.25) is 0 Å². The van der Waals surface area contributed by atoms with Crippen LogP contribution in [0, 0.1) is 0 Å². The third-order valence-electron chi connectivity index (χ3n) is 5.12. The van der Waals surface area contributed by atoms with E-state index in [0.29, 0.717) is 30.8 Å². The number of ketones is 1. The molecule has 1 spiro atoms. The summed E-state index contributed by atoms with van der Waals surface area (Å²) in [6, 6.07) is 5.94. The zero-order valence-corrected chi connectivity index (χ0v) is 16.0. The predicted octanol–water partition coefficient (Wildman–Crippen LogP) is 2.06. The minimum Gasteiger partial charge on any atom is -0.494 e. The summed E-state index contributed by atoms with van der Waals surface area (Å²) in [5.74, 6) is -0.924. The van der Waals surface area contributed by atoms with E-state index in [2.05, 4.69) is 5.32 Å². The molecule has 1 aliphatic heterocycles. The van der Waals surface area contributed by atoms with Gasteiger partial charge in [0, 0.05) is 5.56 Å². The molecule has 3 rings (SSSR count). The number of imide groups is 1. The number of nitrogens with one attached hydrogen (secondary N) is 1. The summed E-state index contributed by atoms with van der Waals surface area (Å²) >= 11 is 0. The van der Waals surface area contributed by atoms with Gasteiger partial charge >= 0.3 is 12.0 Å². The molecule has 8 nitrogen and oxygen atoms in total. The lowest BCUT2D eigenvalue weighted by Crippen LogP contribution is -2.44. The number of ether oxygens (including phenoxy) is 2. The Labute approximate surface area is 163 Å². The Kier molecular flexibility index (Phi) is 5.67. The Morgan fingerprint density at radius 3 is 2.43 bits per heavy atom. The van der Waals surface area contributed by atoms with E-state index in [1.54, 1.807) is 24.3 Å². The first-order valence-electron chi connectivity index (χ1n) is 9.47. The number of carbonyl (C=O) groups excluding carboxylic acids is 4. The molecule has 28 heavy (non-hydrogen) atoms. The van der Waals surface area contributed by atoms with Crippen molar-refractivity contribution in [3.05, 3.63) is 29.8 Å². The fourth-order valence-electron chi connectivity index (χ4n) is 3.67. The van der Waals surface area contributed by atoms with Gasteiger partial charge in [-0.25, -0.2) is 4.79 Å². The van der Waals surface area contributed by atoms with E-state index in [1.165, 1.54) is 6.92 Å². The third-order valence-corrected chi connectivity index (χ3v) is 5.12. The van der Waals surface area contributed by atoms with Gasteiger partial charge in [0.05, 0.1) is 6.61 Å². The van der Waals surface area contributed by atoms with Crippen molar-refractivity contribution in [2.75, 3.05) is 13.2 Å². The molecule has 1 N–H and O–H groups in total. The van der Waals surface area contributed by atoms with Crippen LogP contribution in [0.1, 0.15) is 49.9 Å². The van der Waals surface area contributed by atoms with E-state index in [0.717, 1.165) is 17.7 Å². The Hall–Kier alpha value is -2.90. The Bertz CT molecular complexity index is 782. The van der Waals surface area contributed by atoms with E-state index >= 15 is 0 Å². The van der Waals surface area contributed by atoms with Crippen molar-refractivity contribution in [1.29, 1.82) is 0 Å². The van der Waals surface area contributed by atoms with Gasteiger partial charge in [-0.3, -0.25) is 19.3 Å². The van der Waals surface area contributed by atoms with Crippen molar-refractivity contribution in [2.45, 2.75) is 51.2 Å². The Morgan fingerprint density at radius 2 is 1.82 bits per heavy atom. The van der Waals surface area contributed by atoms with E-state index in [4.69, 9.17) is 9.47 Å². The fourth-order valence-corrected chi connectivity index (χ4v) is 3.67. The van der Waals surface area contributed by atoms with Crippen LogP contribution in [0.5, 0.6) is 5.75 Å². The second kappa shape index (κ2) is 8.00. The summed E-state index contributed by atoms with van der Waals surface area (Å²) in [5, 5.41) is 2.70. The van der Waals surface area contributed by atoms with Crippen LogP contribution >= 0.6 is 0 Å². The van der Waals surface area contributed by atoms with Gasteiger partial charge in [-0.05, 0) is 51.0 Å². The molecule has 2 fully saturated rings. The molecule has 1 aromatic rings. The third kappa shape index (κ3) is 3.85. The lowest BCUT2D eigenvalue weighted by molar-refractivity contribution is -0.149. The topological polar surface area (TPSA) is 102 Å². The molecule has 8 heteroatoms. The van der Waals surface area contributed by atoms with Gasteiger partial charge in [0.2, 0.25) is 5.78 Å². The molecule has 1 atom stereocenters. The normalized spacial score (nSPS) is 18.9. The van der Waals surface area contributed by atoms with E-state index in [-0.39, 0.29) is 5.78 Å². The molecule has 1 heterocycles. The zero-order valence-electron chi connectivity index (χ0n) is 16.0. The molecule has 1 saturated heterocycles. The Morgan fingerprint density at radius 1 is 1.18 bits per heavy atom. The van der Waals surface area contributed by atoms with Gasteiger partial charge in [0.15, 0.2) is 6.10 Å². The molecule has 0 aromatic heterocycles. The number of hydrogen-bond donors (Lipinski definition) is 1. The largest absolute Gasteiger partial charge is 0.494 e. The van der Waals surface area contributed by atoms with Crippen molar-refractivity contribution >= 4 is 23.7 Å². The summed E-state index contributed by atoms with van der Waals surface area (Å²) in [4.78, 5) is 50.2. The fraction of sp³-hybridized carbons (Fsp3) is 0.500. The molecular formula is C20H24N2O6. The standard InChI is InChI=1S/C20H24N2O6/c1-3-27-15-8-6-14(7-9-15)17(24)13(2)28-16(23)12-22-18(25)20(21-19(22)26)10-4-5-11-20/h6-9,13H,3-5,10-12H2,1-2H3,(H,21,26)/t13-/m0/s1. The summed E-state index contributed by atoms with van der Waals surface area (Å²) < 4.78 is 10.5. The average molecular weight is 388 g/mol. The maximum absolute atomic E-state index is 12.6. The van der Waals surface area contributed by atoms with Crippen LogP contribution in [0.4, 0.5) is 4.79 Å². The molecule has 0 unspecified atom stereocenters. The number of amides is 3. The van der Waals surface area contributed by atoms with Gasteiger partial charge in [-0.15, -0.1) is 0 Å². The van der Waals surface area contributed by atoms with E-state index in [1.807, 2.05) is 6.92 Å². The number of carbonyl (C=O) groups is 4. The van der Waals surface area contributed by atoms with Crippen molar-refractivity contribution in [1.82, 2.24) is 10.2 Å². The quantitative estimate of drug-likeness (QED) is 0.436. The average Bonchev–Trinajstić information content (AvgIpc) is 3.23. The summed E-state index contributed by atoms with van der Waals surface area (Å²) in [6.07, 6.45) is 1.84. The lowest BCUT2D eigenvalue weighted by Gasteiger charge is -2.20. The molecule has 0 bridgehead atoms. The van der Waals surface area contributed by atoms with Crippen LogP contribution in [0.15, 0.2) is 24.3 Å². The van der Waals surface area contributed by atoms with Gasteiger partial charge in [0.25, 0.3) is 5.91 Å². The zero-order chi connectivity index (χ0) is 20.3. The van der Waals surface area contributed by atoms with Gasteiger partial charge < -0.3 is 14.8 Å². The number of urea groups is 1. The first-order chi connectivity index (χ1) is 13.4. The van der Waals surface area contributed by atoms with Crippen molar-refractivity contribution in [2.24, 2.45) is 0 Å². The first-order valence-corrected chi connectivity index (χ1v) is 9.47. The number of hydrogen-bond acceptors (Lipinski definition) is 6. The SMILES string of the molecule is CCOc1ccc(C(=O)[C@H](C)OC(=O)CN2C(=O)NC3(CCCC3)C2=O)cc1. The highest BCUT2D eigenvalue weighted by molar-refractivity contribution is 6.09. The highest BCUT2D eigenvalue weighted by atomic mass is 16.5. The van der Waals surface area contributed by atoms with Crippen molar-refractivity contribution in [3.63, 3.8) is 0 Å². The highest BCUT2D eigenvalue weighted by Gasteiger charge is 2.52. The summed E-state index contributed by atoms with van der Waals surface area (Å²) in [6.45, 7) is 3.33. The van der Waals surface area contributed by atoms with Crippen LogP contribution < -0.4 is 10.1 Å². The number of benzene rings is 1. The first kappa shape index (κ1) is 19.9. The second-order valence-corrected chi connectivity index (χ2v) is 7.06. The van der Waals surface area contributed by atoms with Gasteiger partial charge in [0.1, 0.15) is 17.8 Å². The molecule has 150 valence electrons. The lowest BCUT2D eigenvalue weighted by atomic mass is 9.98. The molecule has 1 aliphatic carbocycles. The molecular weight excluding hydrogens is 364 g/mol. The second-order valence-electron chi connectivity index (χ2n) is 7.06. The summed E-state index contributed by atoms with van der Waals surface area (Å²) in [7, 11) is 0. The Balaban J connectivity index is 1.57. The molecule has 1 aromatic carbocycles. The van der Waals surface area contributed by atoms with Crippen molar-refractivity contribution < 1.29 is 28.7 Å². The maximum atomic E-state index is 12.6. The highest BCUT2D eigenvalue weighted by Crippen LogP contribution is 2.34. The van der Waals surface area contributed by atoms with E-state index in [9.17, 15) is 19.2 Å². The monoisotopic (exact) mass is 388 g/mol. The maximum Gasteiger partial charge on any atom is 0.326 e. The van der Waals surface area contributed by atoms with Crippen LogP contribution in [-0.4, -0.2) is 53.4 Å². The van der Waals surface area contributed by atoms with Crippen LogP contribution in [0.25, 0.3) is 0 Å². The smallest absolute Gasteiger partial charge is 0.326 e. The molecule has 1 saturated carbocycles. The number of rotatable bonds is 7.